The predicted octanol–water partition coefficient (Wildman–Crippen LogP) is 4.57. The first-order valence-electron chi connectivity index (χ1n) is 7.41. The number of halogens is 3. The summed E-state index contributed by atoms with van der Waals surface area (Å²) in [6.07, 6.45) is 0. The molecule has 0 radical (unpaired) electrons. The smallest absolute Gasteiger partial charge is 0.165 e. The van der Waals surface area contributed by atoms with Gasteiger partial charge in [-0.2, -0.15) is 4.68 Å². The SMILES string of the molecule is Nc1c(-c2nc(-c3ccc(F)cc3)cs2)nnn1-c1ccc(F)c(Cl)c1. The fourth-order valence-corrected chi connectivity index (χ4v) is 3.38. The van der Waals surface area contributed by atoms with Gasteiger partial charge in [-0.15, -0.1) is 16.4 Å². The van der Waals surface area contributed by atoms with E-state index >= 15 is 0 Å². The molecule has 0 bridgehead atoms. The van der Waals surface area contributed by atoms with Crippen molar-refractivity contribution in [3.8, 4) is 27.6 Å². The van der Waals surface area contributed by atoms with Crippen molar-refractivity contribution in [2.24, 2.45) is 0 Å². The molecule has 0 spiro atoms. The molecule has 2 heterocycles. The lowest BCUT2D eigenvalue weighted by atomic mass is 10.2. The number of hydrogen-bond acceptors (Lipinski definition) is 5. The minimum atomic E-state index is -0.529. The van der Waals surface area contributed by atoms with Crippen LogP contribution in [0.3, 0.4) is 0 Å². The first-order valence-corrected chi connectivity index (χ1v) is 8.67. The van der Waals surface area contributed by atoms with Gasteiger partial charge in [0.1, 0.15) is 16.6 Å². The average Bonchev–Trinajstić information content (AvgIpc) is 3.25. The highest BCUT2D eigenvalue weighted by molar-refractivity contribution is 7.13. The predicted molar refractivity (Wildman–Crippen MR) is 97.2 cm³/mol. The molecule has 4 rings (SSSR count). The van der Waals surface area contributed by atoms with Gasteiger partial charge in [0.05, 0.1) is 16.4 Å². The molecule has 9 heteroatoms. The zero-order valence-corrected chi connectivity index (χ0v) is 14.6. The zero-order valence-electron chi connectivity index (χ0n) is 13.0. The van der Waals surface area contributed by atoms with Gasteiger partial charge in [0, 0.05) is 10.9 Å². The van der Waals surface area contributed by atoms with Crippen LogP contribution in [0.5, 0.6) is 0 Å². The highest BCUT2D eigenvalue weighted by atomic mass is 35.5. The van der Waals surface area contributed by atoms with E-state index in [1.54, 1.807) is 12.1 Å². The van der Waals surface area contributed by atoms with Gasteiger partial charge in [-0.3, -0.25) is 0 Å². The molecule has 0 aliphatic rings. The van der Waals surface area contributed by atoms with E-state index in [-0.39, 0.29) is 16.7 Å². The topological polar surface area (TPSA) is 69.6 Å². The Hall–Kier alpha value is -2.84. The summed E-state index contributed by atoms with van der Waals surface area (Å²) in [4.78, 5) is 4.49. The number of rotatable bonds is 3. The molecule has 0 aliphatic carbocycles. The second-order valence-electron chi connectivity index (χ2n) is 5.38. The van der Waals surface area contributed by atoms with Crippen LogP contribution in [0.25, 0.3) is 27.6 Å². The Morgan fingerprint density at radius 1 is 1.08 bits per heavy atom. The van der Waals surface area contributed by atoms with Crippen LogP contribution in [0.4, 0.5) is 14.6 Å². The summed E-state index contributed by atoms with van der Waals surface area (Å²) in [5, 5.41) is 10.4. The van der Waals surface area contributed by atoms with Crippen molar-refractivity contribution in [3.63, 3.8) is 0 Å². The zero-order chi connectivity index (χ0) is 18.3. The van der Waals surface area contributed by atoms with Crippen molar-refractivity contribution in [1.29, 1.82) is 0 Å². The summed E-state index contributed by atoms with van der Waals surface area (Å²) >= 11 is 7.15. The van der Waals surface area contributed by atoms with Crippen LogP contribution in [0.2, 0.25) is 5.02 Å². The summed E-state index contributed by atoms with van der Waals surface area (Å²) in [5.41, 5.74) is 8.50. The highest BCUT2D eigenvalue weighted by Gasteiger charge is 2.17. The van der Waals surface area contributed by atoms with Gasteiger partial charge >= 0.3 is 0 Å². The van der Waals surface area contributed by atoms with Crippen LogP contribution in [-0.2, 0) is 0 Å². The van der Waals surface area contributed by atoms with E-state index in [4.69, 9.17) is 17.3 Å². The Bertz CT molecular complexity index is 1090. The van der Waals surface area contributed by atoms with Gasteiger partial charge in [-0.25, -0.2) is 13.8 Å². The monoisotopic (exact) mass is 389 g/mol. The highest BCUT2D eigenvalue weighted by Crippen LogP contribution is 2.32. The van der Waals surface area contributed by atoms with E-state index in [9.17, 15) is 8.78 Å². The number of benzene rings is 2. The number of anilines is 1. The normalized spacial score (nSPS) is 11.0. The first kappa shape index (κ1) is 16.6. The van der Waals surface area contributed by atoms with E-state index < -0.39 is 5.82 Å². The molecule has 0 saturated carbocycles. The van der Waals surface area contributed by atoms with Gasteiger partial charge in [-0.05, 0) is 42.5 Å². The Labute approximate surface area is 155 Å². The van der Waals surface area contributed by atoms with Crippen molar-refractivity contribution in [2.75, 3.05) is 5.73 Å². The van der Waals surface area contributed by atoms with Crippen molar-refractivity contribution in [2.45, 2.75) is 0 Å². The molecule has 0 amide bonds. The van der Waals surface area contributed by atoms with E-state index in [0.717, 1.165) is 5.56 Å². The Morgan fingerprint density at radius 3 is 2.58 bits per heavy atom. The summed E-state index contributed by atoms with van der Waals surface area (Å²) in [5.74, 6) is -0.583. The van der Waals surface area contributed by atoms with Crippen molar-refractivity contribution >= 4 is 28.8 Å². The molecule has 0 fully saturated rings. The second kappa shape index (κ2) is 6.47. The molecule has 130 valence electrons. The first-order chi connectivity index (χ1) is 12.5. The molecule has 0 atom stereocenters. The largest absolute Gasteiger partial charge is 0.382 e. The molecular weight excluding hydrogens is 380 g/mol. The number of aromatic nitrogens is 4. The molecule has 2 aromatic heterocycles. The van der Waals surface area contributed by atoms with E-state index in [1.807, 2.05) is 5.38 Å². The third-order valence-corrected chi connectivity index (χ3v) is 4.84. The third kappa shape index (κ3) is 2.93. The van der Waals surface area contributed by atoms with Crippen LogP contribution in [0.1, 0.15) is 0 Å². The summed E-state index contributed by atoms with van der Waals surface area (Å²) < 4.78 is 27.7. The van der Waals surface area contributed by atoms with Gasteiger partial charge in [0.15, 0.2) is 11.5 Å². The van der Waals surface area contributed by atoms with E-state index in [1.165, 1.54) is 46.4 Å². The van der Waals surface area contributed by atoms with Gasteiger partial charge in [0.25, 0.3) is 0 Å². The maximum absolute atomic E-state index is 13.3. The Kier molecular flexibility index (Phi) is 4.14. The maximum atomic E-state index is 13.3. The molecule has 4 aromatic rings. The van der Waals surface area contributed by atoms with Gasteiger partial charge in [0.2, 0.25) is 0 Å². The second-order valence-corrected chi connectivity index (χ2v) is 6.64. The molecular formula is C17H10ClF2N5S. The molecule has 2 N–H and O–H groups in total. The Balaban J connectivity index is 1.70. The van der Waals surface area contributed by atoms with Crippen LogP contribution in [-0.4, -0.2) is 20.0 Å². The van der Waals surface area contributed by atoms with Crippen LogP contribution in [0, 0.1) is 11.6 Å². The lowest BCUT2D eigenvalue weighted by Gasteiger charge is -2.04. The molecule has 0 aliphatic heterocycles. The van der Waals surface area contributed by atoms with Crippen molar-refractivity contribution in [1.82, 2.24) is 20.0 Å². The lowest BCUT2D eigenvalue weighted by molar-refractivity contribution is 0.627. The fraction of sp³-hybridized carbons (Fsp3) is 0. The average molecular weight is 390 g/mol. The van der Waals surface area contributed by atoms with Crippen molar-refractivity contribution < 1.29 is 8.78 Å². The number of thiazole rings is 1. The molecule has 26 heavy (non-hydrogen) atoms. The molecule has 5 nitrogen and oxygen atoms in total. The lowest BCUT2D eigenvalue weighted by Crippen LogP contribution is -2.02. The minimum Gasteiger partial charge on any atom is -0.382 e. The van der Waals surface area contributed by atoms with Crippen LogP contribution < -0.4 is 5.73 Å². The quantitative estimate of drug-likeness (QED) is 0.557. The standard InChI is InChI=1S/C17H10ClF2N5S/c18-12-7-11(5-6-13(12)20)25-16(21)15(23-24-25)17-22-14(8-26-17)9-1-3-10(19)4-2-9/h1-8H,21H2. The Morgan fingerprint density at radius 2 is 1.85 bits per heavy atom. The maximum Gasteiger partial charge on any atom is 0.165 e. The number of hydrogen-bond donors (Lipinski definition) is 1. The van der Waals surface area contributed by atoms with E-state index in [0.29, 0.717) is 22.1 Å². The summed E-state index contributed by atoms with van der Waals surface area (Å²) in [6, 6.07) is 10.2. The van der Waals surface area contributed by atoms with Gasteiger partial charge in [-0.1, -0.05) is 16.8 Å². The number of nitrogen functional groups attached to an aromatic ring is 1. The summed E-state index contributed by atoms with van der Waals surface area (Å²) in [7, 11) is 0. The molecule has 0 unspecified atom stereocenters. The van der Waals surface area contributed by atoms with E-state index in [2.05, 4.69) is 15.3 Å². The number of nitrogens with two attached hydrogens (primary N) is 1. The molecule has 0 saturated heterocycles. The minimum absolute atomic E-state index is 0.0354. The summed E-state index contributed by atoms with van der Waals surface area (Å²) in [6.45, 7) is 0. The van der Waals surface area contributed by atoms with Crippen molar-refractivity contribution in [3.05, 3.63) is 64.5 Å². The number of nitrogens with zero attached hydrogens (tertiary/aromatic N) is 4. The fourth-order valence-electron chi connectivity index (χ4n) is 2.38. The van der Waals surface area contributed by atoms with Gasteiger partial charge < -0.3 is 5.73 Å². The third-order valence-electron chi connectivity index (χ3n) is 3.70. The van der Waals surface area contributed by atoms with Crippen LogP contribution in [0.15, 0.2) is 47.8 Å². The molecule has 2 aromatic carbocycles. The van der Waals surface area contributed by atoms with Crippen LogP contribution >= 0.6 is 22.9 Å².